The number of amides is 2. The molecule has 2 bridgehead atoms. The number of ether oxygens (including phenoxy) is 1. The van der Waals surface area contributed by atoms with Crippen molar-refractivity contribution in [1.29, 1.82) is 0 Å². The summed E-state index contributed by atoms with van der Waals surface area (Å²) in [4.78, 5) is 26.2. The van der Waals surface area contributed by atoms with Gasteiger partial charge in [0.05, 0.1) is 0 Å². The van der Waals surface area contributed by atoms with Gasteiger partial charge in [-0.05, 0) is 63.0 Å². The van der Waals surface area contributed by atoms with Crippen molar-refractivity contribution in [2.45, 2.75) is 38.8 Å². The van der Waals surface area contributed by atoms with Crippen LogP contribution in [0.25, 0.3) is 0 Å². The van der Waals surface area contributed by atoms with Crippen LogP contribution in [0, 0.1) is 5.92 Å². The summed E-state index contributed by atoms with van der Waals surface area (Å²) in [6, 6.07) is 10.8. The molecule has 0 radical (unpaired) electrons. The number of furan rings is 1. The topological polar surface area (TPSA) is 83.8 Å². The van der Waals surface area contributed by atoms with Gasteiger partial charge in [0.25, 0.3) is 11.9 Å². The van der Waals surface area contributed by atoms with Crippen molar-refractivity contribution < 1.29 is 18.7 Å². The second-order valence-electron chi connectivity index (χ2n) is 7.54. The molecule has 0 aliphatic carbocycles. The van der Waals surface area contributed by atoms with Crippen molar-refractivity contribution >= 4 is 17.7 Å². The van der Waals surface area contributed by atoms with Gasteiger partial charge in [-0.25, -0.2) is 0 Å². The number of rotatable bonds is 5. The number of fused-ring (bicyclic) bond motifs is 3. The van der Waals surface area contributed by atoms with Crippen LogP contribution in [0.1, 0.15) is 37.0 Å². The van der Waals surface area contributed by atoms with Crippen LogP contribution in [0.15, 0.2) is 40.8 Å². The minimum atomic E-state index is -0.214. The Kier molecular flexibility index (Phi) is 5.09. The average molecular weight is 383 g/mol. The van der Waals surface area contributed by atoms with Crippen molar-refractivity contribution in [2.75, 3.05) is 18.4 Å². The van der Waals surface area contributed by atoms with Gasteiger partial charge in [-0.3, -0.25) is 19.8 Å². The SMILES string of the molecule is CC(=O)Nc1ccc(Oc2ccc(C(=O)N[C@@H]3C4CCN(CC4)[C@@H]3C)cc2)o1. The summed E-state index contributed by atoms with van der Waals surface area (Å²) >= 11 is 0. The highest BCUT2D eigenvalue weighted by atomic mass is 16.6. The molecule has 3 saturated heterocycles. The van der Waals surface area contributed by atoms with E-state index < -0.39 is 0 Å². The van der Waals surface area contributed by atoms with E-state index in [9.17, 15) is 9.59 Å². The number of hydrogen-bond acceptors (Lipinski definition) is 5. The highest BCUT2D eigenvalue weighted by Crippen LogP contribution is 2.32. The highest BCUT2D eigenvalue weighted by Gasteiger charge is 2.40. The van der Waals surface area contributed by atoms with Gasteiger partial charge in [-0.1, -0.05) is 0 Å². The molecule has 4 heterocycles. The summed E-state index contributed by atoms with van der Waals surface area (Å²) in [5.74, 6) is 1.45. The van der Waals surface area contributed by atoms with Gasteiger partial charge in [0.15, 0.2) is 0 Å². The van der Waals surface area contributed by atoms with Crippen LogP contribution in [-0.2, 0) is 4.79 Å². The fourth-order valence-electron chi connectivity index (χ4n) is 4.19. The summed E-state index contributed by atoms with van der Waals surface area (Å²) in [6.07, 6.45) is 2.32. The molecule has 5 rings (SSSR count). The Labute approximate surface area is 164 Å². The Morgan fingerprint density at radius 1 is 1.11 bits per heavy atom. The molecule has 0 saturated carbocycles. The minimum Gasteiger partial charge on any atom is -0.426 e. The molecule has 1 aromatic carbocycles. The van der Waals surface area contributed by atoms with Crippen molar-refractivity contribution in [2.24, 2.45) is 5.92 Å². The number of nitrogens with one attached hydrogen (secondary N) is 2. The van der Waals surface area contributed by atoms with E-state index in [0.717, 1.165) is 25.9 Å². The van der Waals surface area contributed by atoms with Gasteiger partial charge in [-0.2, -0.15) is 0 Å². The molecular formula is C21H25N3O4. The standard InChI is InChI=1S/C21H25N3O4/c1-13-20(15-9-11-24(13)12-10-15)23-21(26)16-3-5-17(6-4-16)27-19-8-7-18(28-19)22-14(2)25/h3-8,13,15,20H,9-12H2,1-2H3,(H,22,25)(H,23,26)/t13-,20+/m1/s1. The van der Waals surface area contributed by atoms with Gasteiger partial charge < -0.3 is 14.5 Å². The van der Waals surface area contributed by atoms with E-state index >= 15 is 0 Å². The number of nitrogens with zero attached hydrogens (tertiary/aromatic N) is 1. The van der Waals surface area contributed by atoms with Gasteiger partial charge in [-0.15, -0.1) is 0 Å². The third-order valence-electron chi connectivity index (χ3n) is 5.69. The van der Waals surface area contributed by atoms with Crippen LogP contribution < -0.4 is 15.4 Å². The first-order valence-corrected chi connectivity index (χ1v) is 9.70. The van der Waals surface area contributed by atoms with E-state index in [0.29, 0.717) is 29.2 Å². The smallest absolute Gasteiger partial charge is 0.291 e. The molecule has 2 amide bonds. The molecule has 2 atom stereocenters. The van der Waals surface area contributed by atoms with E-state index in [4.69, 9.17) is 9.15 Å². The lowest BCUT2D eigenvalue weighted by atomic mass is 9.79. The van der Waals surface area contributed by atoms with E-state index in [1.807, 2.05) is 0 Å². The van der Waals surface area contributed by atoms with Gasteiger partial charge >= 0.3 is 0 Å². The van der Waals surface area contributed by atoms with Crippen molar-refractivity contribution in [3.8, 4) is 11.7 Å². The average Bonchev–Trinajstić information content (AvgIpc) is 3.11. The summed E-state index contributed by atoms with van der Waals surface area (Å²) < 4.78 is 11.0. The molecule has 3 fully saturated rings. The molecular weight excluding hydrogens is 358 g/mol. The number of hydrogen-bond donors (Lipinski definition) is 2. The maximum absolute atomic E-state index is 12.7. The van der Waals surface area contributed by atoms with E-state index in [1.54, 1.807) is 36.4 Å². The van der Waals surface area contributed by atoms with E-state index in [2.05, 4.69) is 22.5 Å². The lowest BCUT2D eigenvalue weighted by Gasteiger charge is -2.49. The molecule has 28 heavy (non-hydrogen) atoms. The normalized spacial score (nSPS) is 25.9. The Hall–Kier alpha value is -2.80. The molecule has 7 heteroatoms. The van der Waals surface area contributed by atoms with E-state index in [1.165, 1.54) is 6.92 Å². The zero-order valence-electron chi connectivity index (χ0n) is 16.1. The predicted molar refractivity (Wildman–Crippen MR) is 105 cm³/mol. The molecule has 148 valence electrons. The van der Waals surface area contributed by atoms with Crippen molar-refractivity contribution in [3.63, 3.8) is 0 Å². The summed E-state index contributed by atoms with van der Waals surface area (Å²) in [5, 5.41) is 5.77. The zero-order valence-corrected chi connectivity index (χ0v) is 16.1. The number of carbonyl (C=O) groups is 2. The summed E-state index contributed by atoms with van der Waals surface area (Å²) in [6.45, 7) is 5.89. The minimum absolute atomic E-state index is 0.0527. The van der Waals surface area contributed by atoms with E-state index in [-0.39, 0.29) is 23.8 Å². The molecule has 2 aromatic rings. The number of anilines is 1. The first kappa shape index (κ1) is 18.6. The summed E-state index contributed by atoms with van der Waals surface area (Å²) in [7, 11) is 0. The highest BCUT2D eigenvalue weighted by molar-refractivity contribution is 5.94. The van der Waals surface area contributed by atoms with Gasteiger partial charge in [0.2, 0.25) is 11.8 Å². The maximum atomic E-state index is 12.7. The van der Waals surface area contributed by atoms with Crippen LogP contribution in [-0.4, -0.2) is 41.9 Å². The molecule has 0 spiro atoms. The lowest BCUT2D eigenvalue weighted by Crippen LogP contribution is -2.62. The molecule has 0 unspecified atom stereocenters. The van der Waals surface area contributed by atoms with Crippen LogP contribution in [0.4, 0.5) is 5.88 Å². The Morgan fingerprint density at radius 3 is 2.46 bits per heavy atom. The monoisotopic (exact) mass is 383 g/mol. The Bertz CT molecular complexity index is 851. The number of benzene rings is 1. The molecule has 3 aliphatic rings. The third-order valence-corrected chi connectivity index (χ3v) is 5.69. The zero-order chi connectivity index (χ0) is 19.7. The van der Waals surface area contributed by atoms with Gasteiger partial charge in [0.1, 0.15) is 5.75 Å². The van der Waals surface area contributed by atoms with Crippen LogP contribution >= 0.6 is 0 Å². The van der Waals surface area contributed by atoms with Gasteiger partial charge in [0, 0.05) is 36.7 Å². The van der Waals surface area contributed by atoms with Crippen LogP contribution in [0.2, 0.25) is 0 Å². The second kappa shape index (κ2) is 7.67. The molecule has 2 N–H and O–H groups in total. The van der Waals surface area contributed by atoms with Crippen LogP contribution in [0.5, 0.6) is 11.7 Å². The first-order chi connectivity index (χ1) is 13.5. The van der Waals surface area contributed by atoms with Crippen LogP contribution in [0.3, 0.4) is 0 Å². The number of piperidine rings is 3. The van der Waals surface area contributed by atoms with Crippen molar-refractivity contribution in [3.05, 3.63) is 42.0 Å². The molecule has 7 nitrogen and oxygen atoms in total. The molecule has 1 aromatic heterocycles. The first-order valence-electron chi connectivity index (χ1n) is 9.70. The lowest BCUT2D eigenvalue weighted by molar-refractivity contribution is -0.114. The fourth-order valence-corrected chi connectivity index (χ4v) is 4.19. The molecule has 3 aliphatic heterocycles. The number of carbonyl (C=O) groups excluding carboxylic acids is 2. The Morgan fingerprint density at radius 2 is 1.82 bits per heavy atom. The predicted octanol–water partition coefficient (Wildman–Crippen LogP) is 3.24. The fraction of sp³-hybridized carbons (Fsp3) is 0.429. The van der Waals surface area contributed by atoms with Crippen molar-refractivity contribution in [1.82, 2.24) is 10.2 Å². The third kappa shape index (κ3) is 3.89. The Balaban J connectivity index is 1.37. The maximum Gasteiger partial charge on any atom is 0.291 e. The summed E-state index contributed by atoms with van der Waals surface area (Å²) in [5.41, 5.74) is 0.606. The largest absolute Gasteiger partial charge is 0.426 e. The second-order valence-corrected chi connectivity index (χ2v) is 7.54. The quantitative estimate of drug-likeness (QED) is 0.828.